The van der Waals surface area contributed by atoms with Crippen molar-refractivity contribution in [3.8, 4) is 0 Å². The summed E-state index contributed by atoms with van der Waals surface area (Å²) in [6, 6.07) is 3.48. The SMILES string of the molecule is O=C(O)c1cncc(CC2CCN(C(=O)CN3CCN(c4ncccn4)CC3)C2)c1. The lowest BCUT2D eigenvalue weighted by Gasteiger charge is -2.34. The van der Waals surface area contributed by atoms with Gasteiger partial charge in [-0.05, 0) is 36.5 Å². The molecule has 0 aliphatic carbocycles. The van der Waals surface area contributed by atoms with Crippen molar-refractivity contribution in [2.45, 2.75) is 12.8 Å². The molecule has 2 aromatic heterocycles. The van der Waals surface area contributed by atoms with Gasteiger partial charge in [-0.2, -0.15) is 0 Å². The van der Waals surface area contributed by atoms with Crippen LogP contribution in [0.1, 0.15) is 22.3 Å². The number of hydrogen-bond donors (Lipinski definition) is 1. The van der Waals surface area contributed by atoms with Crippen molar-refractivity contribution in [1.29, 1.82) is 0 Å². The van der Waals surface area contributed by atoms with E-state index < -0.39 is 5.97 Å². The summed E-state index contributed by atoms with van der Waals surface area (Å²) in [7, 11) is 0. The van der Waals surface area contributed by atoms with E-state index >= 15 is 0 Å². The first-order valence-corrected chi connectivity index (χ1v) is 10.3. The second-order valence-electron chi connectivity index (χ2n) is 7.90. The number of carbonyl (C=O) groups excluding carboxylic acids is 1. The Labute approximate surface area is 175 Å². The lowest BCUT2D eigenvalue weighted by atomic mass is 9.99. The molecule has 1 unspecified atom stereocenters. The molecule has 0 bridgehead atoms. The third kappa shape index (κ3) is 4.91. The molecule has 0 saturated carbocycles. The Morgan fingerprint density at radius 2 is 1.83 bits per heavy atom. The van der Waals surface area contributed by atoms with Gasteiger partial charge in [-0.25, -0.2) is 14.8 Å². The minimum Gasteiger partial charge on any atom is -0.478 e. The molecule has 1 amide bonds. The van der Waals surface area contributed by atoms with Crippen LogP contribution in [0.15, 0.2) is 36.9 Å². The van der Waals surface area contributed by atoms with Crippen molar-refractivity contribution in [2.24, 2.45) is 5.92 Å². The Kier molecular flexibility index (Phi) is 6.18. The van der Waals surface area contributed by atoms with Gasteiger partial charge in [0, 0.05) is 64.1 Å². The van der Waals surface area contributed by atoms with E-state index in [1.165, 1.54) is 6.20 Å². The van der Waals surface area contributed by atoms with Gasteiger partial charge in [0.2, 0.25) is 11.9 Å². The van der Waals surface area contributed by atoms with Crippen LogP contribution in [0.4, 0.5) is 5.95 Å². The molecule has 2 aromatic rings. The van der Waals surface area contributed by atoms with Crippen molar-refractivity contribution < 1.29 is 14.7 Å². The first-order valence-electron chi connectivity index (χ1n) is 10.3. The summed E-state index contributed by atoms with van der Waals surface area (Å²) in [6.07, 6.45) is 8.24. The summed E-state index contributed by atoms with van der Waals surface area (Å²) in [5, 5.41) is 9.11. The van der Waals surface area contributed by atoms with Gasteiger partial charge >= 0.3 is 5.97 Å². The largest absolute Gasteiger partial charge is 0.478 e. The van der Waals surface area contributed by atoms with Crippen molar-refractivity contribution in [3.05, 3.63) is 48.0 Å². The first kappa shape index (κ1) is 20.2. The molecule has 9 nitrogen and oxygen atoms in total. The fourth-order valence-electron chi connectivity index (χ4n) is 4.13. The molecule has 0 radical (unpaired) electrons. The number of likely N-dealkylation sites (tertiary alicyclic amines) is 1. The predicted molar refractivity (Wildman–Crippen MR) is 110 cm³/mol. The summed E-state index contributed by atoms with van der Waals surface area (Å²) in [4.78, 5) is 42.8. The van der Waals surface area contributed by atoms with Gasteiger partial charge < -0.3 is 14.9 Å². The number of carboxylic acids is 1. The molecule has 4 heterocycles. The topological polar surface area (TPSA) is 103 Å². The Balaban J connectivity index is 1.23. The number of hydrogen-bond acceptors (Lipinski definition) is 7. The molecular weight excluding hydrogens is 384 g/mol. The molecule has 0 spiro atoms. The van der Waals surface area contributed by atoms with Crippen LogP contribution in [-0.4, -0.2) is 87.5 Å². The molecule has 158 valence electrons. The van der Waals surface area contributed by atoms with Gasteiger partial charge in [0.1, 0.15) is 0 Å². The van der Waals surface area contributed by atoms with Gasteiger partial charge in [0.25, 0.3) is 0 Å². The summed E-state index contributed by atoms with van der Waals surface area (Å²) in [6.45, 7) is 5.16. The molecule has 2 fully saturated rings. The summed E-state index contributed by atoms with van der Waals surface area (Å²) in [5.41, 5.74) is 1.12. The van der Waals surface area contributed by atoms with E-state index in [-0.39, 0.29) is 11.5 Å². The normalized spacial score (nSPS) is 19.8. The fraction of sp³-hybridized carbons (Fsp3) is 0.476. The number of rotatable bonds is 6. The molecular formula is C21H26N6O3. The maximum Gasteiger partial charge on any atom is 0.337 e. The standard InChI is InChI=1S/C21H26N6O3/c28-19(15-25-6-8-26(9-7-25)21-23-3-1-4-24-21)27-5-2-16(14-27)10-17-11-18(20(29)30)13-22-12-17/h1,3-4,11-13,16H,2,5-10,14-15H2,(H,29,30). The Hall–Kier alpha value is -3.07. The molecule has 1 N–H and O–H groups in total. The van der Waals surface area contributed by atoms with E-state index in [0.717, 1.165) is 57.1 Å². The highest BCUT2D eigenvalue weighted by Gasteiger charge is 2.28. The van der Waals surface area contributed by atoms with E-state index in [0.29, 0.717) is 19.0 Å². The zero-order chi connectivity index (χ0) is 20.9. The highest BCUT2D eigenvalue weighted by Crippen LogP contribution is 2.21. The molecule has 1 atom stereocenters. The Bertz CT molecular complexity index is 885. The maximum absolute atomic E-state index is 12.8. The summed E-state index contributed by atoms with van der Waals surface area (Å²) < 4.78 is 0. The number of piperazine rings is 1. The van der Waals surface area contributed by atoms with Crippen LogP contribution in [0.5, 0.6) is 0 Å². The first-order chi connectivity index (χ1) is 14.6. The minimum atomic E-state index is -0.966. The van der Waals surface area contributed by atoms with E-state index in [9.17, 15) is 9.59 Å². The average molecular weight is 410 g/mol. The number of carbonyl (C=O) groups is 2. The van der Waals surface area contributed by atoms with E-state index in [2.05, 4.69) is 24.8 Å². The second-order valence-corrected chi connectivity index (χ2v) is 7.90. The lowest BCUT2D eigenvalue weighted by Crippen LogP contribution is -2.50. The maximum atomic E-state index is 12.8. The summed E-state index contributed by atoms with van der Waals surface area (Å²) in [5.74, 6) is 0.282. The quantitative estimate of drug-likeness (QED) is 0.745. The highest BCUT2D eigenvalue weighted by atomic mass is 16.4. The third-order valence-corrected chi connectivity index (χ3v) is 5.77. The zero-order valence-electron chi connectivity index (χ0n) is 16.9. The Morgan fingerprint density at radius 1 is 1.07 bits per heavy atom. The number of aromatic carboxylic acids is 1. The van der Waals surface area contributed by atoms with Gasteiger partial charge in [-0.3, -0.25) is 14.7 Å². The van der Waals surface area contributed by atoms with Crippen molar-refractivity contribution in [1.82, 2.24) is 24.8 Å². The van der Waals surface area contributed by atoms with E-state index in [4.69, 9.17) is 5.11 Å². The van der Waals surface area contributed by atoms with Crippen molar-refractivity contribution >= 4 is 17.8 Å². The predicted octanol–water partition coefficient (Wildman–Crippen LogP) is 0.783. The number of pyridine rings is 1. The number of nitrogens with zero attached hydrogens (tertiary/aromatic N) is 6. The molecule has 2 aliphatic heterocycles. The number of anilines is 1. The monoisotopic (exact) mass is 410 g/mol. The van der Waals surface area contributed by atoms with E-state index in [1.807, 2.05) is 4.90 Å². The number of aromatic nitrogens is 3. The average Bonchev–Trinajstić information content (AvgIpc) is 3.24. The molecule has 30 heavy (non-hydrogen) atoms. The van der Waals surface area contributed by atoms with Crippen LogP contribution < -0.4 is 4.90 Å². The molecule has 0 aromatic carbocycles. The highest BCUT2D eigenvalue weighted by molar-refractivity contribution is 5.87. The number of amides is 1. The zero-order valence-corrected chi connectivity index (χ0v) is 16.9. The van der Waals surface area contributed by atoms with Gasteiger partial charge in [-0.1, -0.05) is 0 Å². The van der Waals surface area contributed by atoms with E-state index in [1.54, 1.807) is 30.7 Å². The van der Waals surface area contributed by atoms with Gasteiger partial charge in [0.05, 0.1) is 12.1 Å². The van der Waals surface area contributed by atoms with Crippen LogP contribution in [-0.2, 0) is 11.2 Å². The molecule has 9 heteroatoms. The second kappa shape index (κ2) is 9.17. The lowest BCUT2D eigenvalue weighted by molar-refractivity contribution is -0.131. The molecule has 2 saturated heterocycles. The third-order valence-electron chi connectivity index (χ3n) is 5.77. The Morgan fingerprint density at radius 3 is 2.57 bits per heavy atom. The van der Waals surface area contributed by atoms with Crippen LogP contribution in [0.2, 0.25) is 0 Å². The van der Waals surface area contributed by atoms with Crippen LogP contribution in [0.25, 0.3) is 0 Å². The van der Waals surface area contributed by atoms with Crippen molar-refractivity contribution in [3.63, 3.8) is 0 Å². The van der Waals surface area contributed by atoms with Crippen LogP contribution in [0, 0.1) is 5.92 Å². The van der Waals surface area contributed by atoms with Crippen molar-refractivity contribution in [2.75, 3.05) is 50.7 Å². The molecule has 4 rings (SSSR count). The van der Waals surface area contributed by atoms with Gasteiger partial charge in [-0.15, -0.1) is 0 Å². The number of carboxylic acid groups (broad SMARTS) is 1. The summed E-state index contributed by atoms with van der Waals surface area (Å²) >= 11 is 0. The van der Waals surface area contributed by atoms with Gasteiger partial charge in [0.15, 0.2) is 0 Å². The smallest absolute Gasteiger partial charge is 0.337 e. The van der Waals surface area contributed by atoms with Crippen LogP contribution >= 0.6 is 0 Å². The fourth-order valence-corrected chi connectivity index (χ4v) is 4.13. The minimum absolute atomic E-state index is 0.166. The molecule has 2 aliphatic rings. The van der Waals surface area contributed by atoms with Crippen LogP contribution in [0.3, 0.4) is 0 Å².